The Morgan fingerprint density at radius 3 is 2.54 bits per heavy atom. The van der Waals surface area contributed by atoms with Gasteiger partial charge in [-0.15, -0.1) is 0 Å². The molecule has 0 heterocycles. The fourth-order valence-corrected chi connectivity index (χ4v) is 2.20. The number of benzene rings is 2. The van der Waals surface area contributed by atoms with Gasteiger partial charge in [0.05, 0.1) is 6.21 Å². The quantitative estimate of drug-likeness (QED) is 0.653. The summed E-state index contributed by atoms with van der Waals surface area (Å²) in [5, 5.41) is 4.50. The Balaban J connectivity index is 1.81. The summed E-state index contributed by atoms with van der Waals surface area (Å²) in [7, 11) is 0. The summed E-state index contributed by atoms with van der Waals surface area (Å²) in [6, 6.07) is 14.9. The topological polar surface area (TPSA) is 50.7 Å². The number of nitrogens with zero attached hydrogens (tertiary/aromatic N) is 1. The number of carbonyl (C=O) groups excluding carboxylic acids is 1. The number of amides is 1. The van der Waals surface area contributed by atoms with Gasteiger partial charge in [-0.3, -0.25) is 4.79 Å². The van der Waals surface area contributed by atoms with Crippen molar-refractivity contribution in [1.29, 1.82) is 0 Å². The molecule has 1 amide bonds. The van der Waals surface area contributed by atoms with E-state index in [1.807, 2.05) is 36.4 Å². The maximum absolute atomic E-state index is 11.7. The monoisotopic (exact) mass is 344 g/mol. The minimum atomic E-state index is -0.326. The molecule has 0 atom stereocenters. The number of rotatable bonds is 5. The number of nitrogens with one attached hydrogen (secondary N) is 1. The van der Waals surface area contributed by atoms with Crippen LogP contribution in [0.2, 0.25) is 5.02 Å². The van der Waals surface area contributed by atoms with Crippen molar-refractivity contribution in [2.24, 2.45) is 5.10 Å². The van der Waals surface area contributed by atoms with Crippen molar-refractivity contribution in [2.75, 3.05) is 6.61 Å². The molecule has 0 aliphatic carbocycles. The highest BCUT2D eigenvalue weighted by molar-refractivity contribution is 6.30. The van der Waals surface area contributed by atoms with Crippen LogP contribution in [0.1, 0.15) is 31.9 Å². The van der Waals surface area contributed by atoms with Crippen molar-refractivity contribution in [2.45, 2.75) is 26.2 Å². The zero-order valence-corrected chi connectivity index (χ0v) is 14.8. The molecule has 0 saturated heterocycles. The lowest BCUT2D eigenvalue weighted by molar-refractivity contribution is -0.123. The lowest BCUT2D eigenvalue weighted by Crippen LogP contribution is -2.24. The molecule has 2 aromatic carbocycles. The van der Waals surface area contributed by atoms with Gasteiger partial charge in [0.15, 0.2) is 6.61 Å². The van der Waals surface area contributed by atoms with Gasteiger partial charge in [-0.2, -0.15) is 5.10 Å². The van der Waals surface area contributed by atoms with Crippen LogP contribution in [0.5, 0.6) is 5.75 Å². The Labute approximate surface area is 147 Å². The maximum Gasteiger partial charge on any atom is 0.277 e. The molecule has 0 aliphatic heterocycles. The predicted molar refractivity (Wildman–Crippen MR) is 97.8 cm³/mol. The van der Waals surface area contributed by atoms with Crippen LogP contribution < -0.4 is 10.2 Å². The molecule has 1 N–H and O–H groups in total. The highest BCUT2D eigenvalue weighted by Crippen LogP contribution is 2.24. The molecule has 0 aliphatic rings. The van der Waals surface area contributed by atoms with Crippen LogP contribution in [0.15, 0.2) is 53.6 Å². The Morgan fingerprint density at radius 1 is 1.21 bits per heavy atom. The van der Waals surface area contributed by atoms with Gasteiger partial charge in [-0.25, -0.2) is 5.43 Å². The van der Waals surface area contributed by atoms with Crippen molar-refractivity contribution in [3.8, 4) is 5.75 Å². The Bertz CT molecular complexity index is 719. The summed E-state index contributed by atoms with van der Waals surface area (Å²) >= 11 is 5.87. The summed E-state index contributed by atoms with van der Waals surface area (Å²) in [6.07, 6.45) is 1.53. The first kappa shape index (κ1) is 18.0. The third-order valence-corrected chi connectivity index (χ3v) is 3.58. The predicted octanol–water partition coefficient (Wildman–Crippen LogP) is 4.17. The number of carbonyl (C=O) groups is 1. The van der Waals surface area contributed by atoms with Gasteiger partial charge in [-0.1, -0.05) is 56.6 Å². The average Bonchev–Trinajstić information content (AvgIpc) is 2.52. The number of ether oxygens (including phenoxy) is 1. The van der Waals surface area contributed by atoms with Gasteiger partial charge >= 0.3 is 0 Å². The standard InChI is InChI=1S/C19H21ClN2O2/c1-19(2,3)15-7-9-17(10-8-15)24-13-18(23)22-21-12-14-5-4-6-16(20)11-14/h4-12H,13H2,1-3H3,(H,22,23)/b21-12+. The van der Waals surface area contributed by atoms with Gasteiger partial charge in [-0.05, 0) is 40.8 Å². The second kappa shape index (κ2) is 7.97. The van der Waals surface area contributed by atoms with E-state index < -0.39 is 0 Å². The minimum Gasteiger partial charge on any atom is -0.484 e. The number of hydrogen-bond acceptors (Lipinski definition) is 3. The molecule has 2 aromatic rings. The SMILES string of the molecule is CC(C)(C)c1ccc(OCC(=O)N/N=C/c2cccc(Cl)c2)cc1. The van der Waals surface area contributed by atoms with Gasteiger partial charge in [0, 0.05) is 5.02 Å². The molecule has 24 heavy (non-hydrogen) atoms. The normalized spacial score (nSPS) is 11.5. The van der Waals surface area contributed by atoms with Crippen molar-refractivity contribution in [1.82, 2.24) is 5.43 Å². The van der Waals surface area contributed by atoms with Crippen LogP contribution in [-0.4, -0.2) is 18.7 Å². The highest BCUT2D eigenvalue weighted by atomic mass is 35.5. The molecule has 0 unspecified atom stereocenters. The van der Waals surface area contributed by atoms with E-state index >= 15 is 0 Å². The molecule has 0 spiro atoms. The molecule has 2 rings (SSSR count). The molecule has 0 bridgehead atoms. The van der Waals surface area contributed by atoms with E-state index in [4.69, 9.17) is 16.3 Å². The lowest BCUT2D eigenvalue weighted by Gasteiger charge is -2.19. The van der Waals surface area contributed by atoms with Crippen molar-refractivity contribution in [3.63, 3.8) is 0 Å². The van der Waals surface area contributed by atoms with Crippen LogP contribution in [0.3, 0.4) is 0 Å². The largest absolute Gasteiger partial charge is 0.484 e. The van der Waals surface area contributed by atoms with Crippen LogP contribution in [0, 0.1) is 0 Å². The fraction of sp³-hybridized carbons (Fsp3) is 0.263. The van der Waals surface area contributed by atoms with Crippen LogP contribution in [0.4, 0.5) is 0 Å². The first-order valence-corrected chi connectivity index (χ1v) is 8.03. The summed E-state index contributed by atoms with van der Waals surface area (Å²) in [6.45, 7) is 6.35. The first-order chi connectivity index (χ1) is 11.3. The summed E-state index contributed by atoms with van der Waals surface area (Å²) in [5.41, 5.74) is 4.53. The van der Waals surface area contributed by atoms with E-state index in [0.717, 1.165) is 5.56 Å². The molecule has 0 saturated carbocycles. The fourth-order valence-electron chi connectivity index (χ4n) is 2.00. The lowest BCUT2D eigenvalue weighted by atomic mass is 9.87. The van der Waals surface area contributed by atoms with Gasteiger partial charge in [0.1, 0.15) is 5.75 Å². The Morgan fingerprint density at radius 2 is 1.92 bits per heavy atom. The summed E-state index contributed by atoms with van der Waals surface area (Å²) in [4.78, 5) is 11.7. The zero-order chi connectivity index (χ0) is 17.6. The number of hydrogen-bond donors (Lipinski definition) is 1. The van der Waals surface area contributed by atoms with E-state index in [0.29, 0.717) is 10.8 Å². The van der Waals surface area contributed by atoms with E-state index in [-0.39, 0.29) is 17.9 Å². The minimum absolute atomic E-state index is 0.0882. The highest BCUT2D eigenvalue weighted by Gasteiger charge is 2.13. The Hall–Kier alpha value is -2.33. The first-order valence-electron chi connectivity index (χ1n) is 7.65. The molecule has 4 nitrogen and oxygen atoms in total. The van der Waals surface area contributed by atoms with Crippen LogP contribution in [0.25, 0.3) is 0 Å². The third kappa shape index (κ3) is 5.70. The van der Waals surface area contributed by atoms with E-state index in [1.165, 1.54) is 11.8 Å². The molecule has 0 aromatic heterocycles. The van der Waals surface area contributed by atoms with Crippen molar-refractivity contribution >= 4 is 23.7 Å². The maximum atomic E-state index is 11.7. The zero-order valence-electron chi connectivity index (χ0n) is 14.0. The van der Waals surface area contributed by atoms with Gasteiger partial charge in [0.25, 0.3) is 5.91 Å². The van der Waals surface area contributed by atoms with Gasteiger partial charge in [0.2, 0.25) is 0 Å². The molecule has 126 valence electrons. The second-order valence-corrected chi connectivity index (χ2v) is 6.85. The van der Waals surface area contributed by atoms with E-state index in [1.54, 1.807) is 12.1 Å². The summed E-state index contributed by atoms with van der Waals surface area (Å²) < 4.78 is 5.45. The average molecular weight is 345 g/mol. The number of hydrazone groups is 1. The molecule has 5 heteroatoms. The Kier molecular flexibility index (Phi) is 5.99. The molecular formula is C19H21ClN2O2. The third-order valence-electron chi connectivity index (χ3n) is 3.34. The second-order valence-electron chi connectivity index (χ2n) is 6.41. The smallest absolute Gasteiger partial charge is 0.277 e. The molecule has 0 radical (unpaired) electrons. The van der Waals surface area contributed by atoms with Gasteiger partial charge < -0.3 is 4.74 Å². The van der Waals surface area contributed by atoms with Crippen molar-refractivity contribution < 1.29 is 9.53 Å². The van der Waals surface area contributed by atoms with E-state index in [9.17, 15) is 4.79 Å². The molecular weight excluding hydrogens is 324 g/mol. The van der Waals surface area contributed by atoms with Crippen molar-refractivity contribution in [3.05, 3.63) is 64.7 Å². The van der Waals surface area contributed by atoms with Crippen LogP contribution >= 0.6 is 11.6 Å². The van der Waals surface area contributed by atoms with Crippen LogP contribution in [-0.2, 0) is 10.2 Å². The van der Waals surface area contributed by atoms with E-state index in [2.05, 4.69) is 31.3 Å². The number of halogens is 1. The molecule has 0 fully saturated rings. The summed E-state index contributed by atoms with van der Waals surface area (Å²) in [5.74, 6) is 0.324.